The zero-order valence-corrected chi connectivity index (χ0v) is 16.0. The summed E-state index contributed by atoms with van der Waals surface area (Å²) in [5.74, 6) is -3.87. The first-order valence-electron chi connectivity index (χ1n) is 7.68. The highest BCUT2D eigenvalue weighted by Crippen LogP contribution is 2.41. The Bertz CT molecular complexity index is 1180. The summed E-state index contributed by atoms with van der Waals surface area (Å²) in [6.45, 7) is 0. The van der Waals surface area contributed by atoms with E-state index in [1.165, 1.54) is 25.3 Å². The number of nitrogens with two attached hydrogens (primary N) is 1. The van der Waals surface area contributed by atoms with Crippen LogP contribution in [0, 0.1) is 11.6 Å². The number of aromatic nitrogens is 1. The smallest absolute Gasteiger partial charge is 0.298 e. The van der Waals surface area contributed by atoms with Gasteiger partial charge in [-0.25, -0.2) is 31.1 Å². The summed E-state index contributed by atoms with van der Waals surface area (Å²) in [6.07, 6.45) is -3.18. The molecule has 0 saturated heterocycles. The number of alkyl halides is 2. The van der Waals surface area contributed by atoms with Gasteiger partial charge in [-0.05, 0) is 29.8 Å². The first kappa shape index (κ1) is 21.1. The van der Waals surface area contributed by atoms with E-state index in [1.54, 1.807) is 0 Å². The largest absolute Gasteiger partial charge is 0.495 e. The Balaban J connectivity index is 2.29. The summed E-state index contributed by atoms with van der Waals surface area (Å²) in [6, 6.07) is 5.29. The lowest BCUT2D eigenvalue weighted by atomic mass is 9.98. The molecule has 6 nitrogen and oxygen atoms in total. The monoisotopic (exact) mass is 450 g/mol. The number of hydrogen-bond acceptors (Lipinski definition) is 5. The van der Waals surface area contributed by atoms with E-state index in [4.69, 9.17) is 21.5 Å². The molecule has 0 unspecified atom stereocenters. The third-order valence-electron chi connectivity index (χ3n) is 3.91. The third kappa shape index (κ3) is 3.93. The minimum Gasteiger partial charge on any atom is -0.495 e. The van der Waals surface area contributed by atoms with Gasteiger partial charge in [-0.1, -0.05) is 22.8 Å². The van der Waals surface area contributed by atoms with Gasteiger partial charge in [-0.3, -0.25) is 0 Å². The molecule has 0 aliphatic rings. The third-order valence-corrected chi connectivity index (χ3v) is 5.18. The van der Waals surface area contributed by atoms with Gasteiger partial charge >= 0.3 is 0 Å². The lowest BCUT2D eigenvalue weighted by Gasteiger charge is -2.09. The van der Waals surface area contributed by atoms with Crippen molar-refractivity contribution < 1.29 is 35.2 Å². The average molecular weight is 451 g/mol. The summed E-state index contributed by atoms with van der Waals surface area (Å²) in [4.78, 5) is -1.38. The van der Waals surface area contributed by atoms with E-state index in [0.717, 1.165) is 0 Å². The van der Waals surface area contributed by atoms with Crippen molar-refractivity contribution in [3.05, 3.63) is 52.7 Å². The minimum atomic E-state index is -4.72. The second-order valence-electron chi connectivity index (χ2n) is 5.73. The number of benzene rings is 2. The van der Waals surface area contributed by atoms with Crippen LogP contribution in [0.3, 0.4) is 0 Å². The summed E-state index contributed by atoms with van der Waals surface area (Å²) >= 11 is 5.94. The van der Waals surface area contributed by atoms with E-state index in [0.29, 0.717) is 12.1 Å². The van der Waals surface area contributed by atoms with Gasteiger partial charge in [0.2, 0.25) is 15.8 Å². The number of primary sulfonamides is 1. The van der Waals surface area contributed by atoms with Crippen molar-refractivity contribution in [3.8, 4) is 28.1 Å². The van der Waals surface area contributed by atoms with Crippen LogP contribution in [0.1, 0.15) is 12.2 Å². The summed E-state index contributed by atoms with van der Waals surface area (Å²) < 4.78 is 87.9. The van der Waals surface area contributed by atoms with E-state index in [9.17, 15) is 26.0 Å². The summed E-state index contributed by atoms with van der Waals surface area (Å²) in [5.41, 5.74) is -0.832. The van der Waals surface area contributed by atoms with Gasteiger partial charge in [-0.15, -0.1) is 0 Å². The Labute approximate surface area is 166 Å². The number of rotatable bonds is 5. The predicted molar refractivity (Wildman–Crippen MR) is 95.2 cm³/mol. The van der Waals surface area contributed by atoms with Crippen LogP contribution < -0.4 is 9.88 Å². The van der Waals surface area contributed by atoms with Crippen molar-refractivity contribution in [2.75, 3.05) is 7.11 Å². The van der Waals surface area contributed by atoms with Crippen LogP contribution in [0.25, 0.3) is 22.4 Å². The topological polar surface area (TPSA) is 95.4 Å². The van der Waals surface area contributed by atoms with E-state index in [2.05, 4.69) is 9.68 Å². The molecule has 0 fully saturated rings. The van der Waals surface area contributed by atoms with Gasteiger partial charge in [0, 0.05) is 5.56 Å². The molecule has 12 heteroatoms. The molecule has 0 aliphatic carbocycles. The quantitative estimate of drug-likeness (QED) is 0.576. The molecule has 0 aliphatic heterocycles. The van der Waals surface area contributed by atoms with Gasteiger partial charge in [0.1, 0.15) is 23.1 Å². The maximum atomic E-state index is 14.3. The van der Waals surface area contributed by atoms with Crippen molar-refractivity contribution in [1.29, 1.82) is 0 Å². The fourth-order valence-electron chi connectivity index (χ4n) is 2.71. The first-order chi connectivity index (χ1) is 13.5. The number of ether oxygens (including phenoxy) is 1. The van der Waals surface area contributed by atoms with Crippen LogP contribution in [0.15, 0.2) is 39.8 Å². The molecular weight excluding hydrogens is 440 g/mol. The number of methoxy groups -OCH3 is 1. The zero-order valence-electron chi connectivity index (χ0n) is 14.4. The Kier molecular flexibility index (Phi) is 5.57. The van der Waals surface area contributed by atoms with Gasteiger partial charge in [0.25, 0.3) is 6.43 Å². The molecule has 3 rings (SSSR count). The molecule has 1 heterocycles. The SMILES string of the molecule is COc1cc(-c2noc(C(F)F)c2-c2cc(F)c(S(N)(=O)=O)c(F)c2)ccc1Cl. The van der Waals surface area contributed by atoms with Crippen molar-refractivity contribution in [2.24, 2.45) is 5.14 Å². The van der Waals surface area contributed by atoms with Crippen molar-refractivity contribution >= 4 is 21.6 Å². The van der Waals surface area contributed by atoms with E-state index in [1.807, 2.05) is 0 Å². The maximum Gasteiger partial charge on any atom is 0.298 e. The Hall–Kier alpha value is -2.63. The van der Waals surface area contributed by atoms with Crippen LogP contribution in [0.2, 0.25) is 5.02 Å². The molecule has 2 aromatic carbocycles. The first-order valence-corrected chi connectivity index (χ1v) is 9.60. The highest BCUT2D eigenvalue weighted by atomic mass is 35.5. The van der Waals surface area contributed by atoms with Crippen molar-refractivity contribution in [2.45, 2.75) is 11.3 Å². The number of halogens is 5. The molecule has 0 radical (unpaired) electrons. The lowest BCUT2D eigenvalue weighted by molar-refractivity contribution is 0.113. The molecule has 0 spiro atoms. The van der Waals surface area contributed by atoms with Crippen LogP contribution >= 0.6 is 11.6 Å². The molecule has 0 saturated carbocycles. The highest BCUT2D eigenvalue weighted by Gasteiger charge is 2.29. The molecule has 0 bridgehead atoms. The molecular formula is C17H11ClF4N2O4S. The van der Waals surface area contributed by atoms with Gasteiger partial charge < -0.3 is 9.26 Å². The van der Waals surface area contributed by atoms with Crippen molar-refractivity contribution in [1.82, 2.24) is 5.16 Å². The average Bonchev–Trinajstić information content (AvgIpc) is 3.05. The van der Waals surface area contributed by atoms with Gasteiger partial charge in [0.05, 0.1) is 17.7 Å². The van der Waals surface area contributed by atoms with Gasteiger partial charge in [-0.2, -0.15) is 0 Å². The van der Waals surface area contributed by atoms with Crippen LogP contribution in [0.4, 0.5) is 17.6 Å². The molecule has 1 aromatic heterocycles. The lowest BCUT2D eigenvalue weighted by Crippen LogP contribution is -2.16. The van der Waals surface area contributed by atoms with Crippen LogP contribution in [0.5, 0.6) is 5.75 Å². The van der Waals surface area contributed by atoms with Crippen molar-refractivity contribution in [3.63, 3.8) is 0 Å². The van der Waals surface area contributed by atoms with E-state index < -0.39 is 49.9 Å². The highest BCUT2D eigenvalue weighted by molar-refractivity contribution is 7.89. The molecule has 29 heavy (non-hydrogen) atoms. The summed E-state index contributed by atoms with van der Waals surface area (Å²) in [7, 11) is -3.39. The van der Waals surface area contributed by atoms with E-state index in [-0.39, 0.29) is 22.0 Å². The van der Waals surface area contributed by atoms with Crippen LogP contribution in [-0.4, -0.2) is 20.7 Å². The standard InChI is InChI=1S/C17H11ClF4N2O4S/c1-27-12-6-7(2-3-9(12)18)14-13(15(17(21)22)28-24-14)8-4-10(19)16(11(20)5-8)29(23,25)26/h2-6,17H,1H3,(H2,23,25,26). The Morgan fingerprint density at radius 2 is 1.76 bits per heavy atom. The number of nitrogens with zero attached hydrogens (tertiary/aromatic N) is 1. The maximum absolute atomic E-state index is 14.3. The molecule has 154 valence electrons. The fraction of sp³-hybridized carbons (Fsp3) is 0.118. The van der Waals surface area contributed by atoms with Gasteiger partial charge in [0.15, 0.2) is 4.90 Å². The second-order valence-corrected chi connectivity index (χ2v) is 7.64. The number of sulfonamides is 1. The normalized spacial score (nSPS) is 11.9. The molecule has 0 amide bonds. The Morgan fingerprint density at radius 3 is 2.28 bits per heavy atom. The molecule has 3 aromatic rings. The molecule has 2 N–H and O–H groups in total. The van der Waals surface area contributed by atoms with E-state index >= 15 is 0 Å². The van der Waals surface area contributed by atoms with Crippen LogP contribution in [-0.2, 0) is 10.0 Å². The number of hydrogen-bond donors (Lipinski definition) is 1. The summed E-state index contributed by atoms with van der Waals surface area (Å²) in [5, 5.41) is 8.59. The fourth-order valence-corrected chi connectivity index (χ4v) is 3.57. The predicted octanol–water partition coefficient (Wildman–Crippen LogP) is 4.53. The minimum absolute atomic E-state index is 0.183. The Morgan fingerprint density at radius 1 is 1.14 bits per heavy atom. The molecule has 0 atom stereocenters. The zero-order chi connectivity index (χ0) is 21.5. The second kappa shape index (κ2) is 7.65.